The third-order valence-corrected chi connectivity index (χ3v) is 3.16. The molecule has 0 saturated carbocycles. The van der Waals surface area contributed by atoms with Crippen LogP contribution in [-0.4, -0.2) is 15.4 Å². The maximum atomic E-state index is 4.50. The van der Waals surface area contributed by atoms with E-state index in [-0.39, 0.29) is 0 Å². The van der Waals surface area contributed by atoms with E-state index in [0.29, 0.717) is 6.04 Å². The molecule has 0 radical (unpaired) electrons. The van der Waals surface area contributed by atoms with E-state index in [1.54, 1.807) is 11.3 Å². The zero-order valence-electron chi connectivity index (χ0n) is 8.53. The van der Waals surface area contributed by atoms with Crippen LogP contribution in [0.2, 0.25) is 0 Å². The minimum atomic E-state index is 0.565. The molecule has 0 aliphatic carbocycles. The summed E-state index contributed by atoms with van der Waals surface area (Å²) >= 11 is 1.67. The molecule has 4 heteroatoms. The summed E-state index contributed by atoms with van der Waals surface area (Å²) in [5.74, 6) is 0. The molecule has 76 valence electrons. The molecule has 0 aliphatic rings. The topological polar surface area (TPSA) is 29.3 Å². The van der Waals surface area contributed by atoms with Crippen molar-refractivity contribution in [2.24, 2.45) is 0 Å². The third-order valence-electron chi connectivity index (χ3n) is 2.39. The van der Waals surface area contributed by atoms with Gasteiger partial charge in [0.25, 0.3) is 0 Å². The first-order valence-electron chi connectivity index (χ1n) is 4.94. The molecule has 1 unspecified atom stereocenters. The average Bonchev–Trinajstić information content (AvgIpc) is 2.73. The maximum Gasteiger partial charge on any atom is 0.193 e. The van der Waals surface area contributed by atoms with Crippen LogP contribution in [0.4, 0.5) is 0 Å². The van der Waals surface area contributed by atoms with Gasteiger partial charge in [-0.15, -0.1) is 11.3 Å². The van der Waals surface area contributed by atoms with Gasteiger partial charge < -0.3 is 5.32 Å². The molecular formula is C10H15N3S. The van der Waals surface area contributed by atoms with E-state index >= 15 is 0 Å². The van der Waals surface area contributed by atoms with Crippen LogP contribution in [0.1, 0.15) is 26.0 Å². The van der Waals surface area contributed by atoms with Gasteiger partial charge in [0.15, 0.2) is 4.96 Å². The Morgan fingerprint density at radius 2 is 2.50 bits per heavy atom. The lowest BCUT2D eigenvalue weighted by Crippen LogP contribution is -2.24. The largest absolute Gasteiger partial charge is 0.309 e. The maximum absolute atomic E-state index is 4.50. The number of thiazole rings is 1. The quantitative estimate of drug-likeness (QED) is 0.837. The number of fused-ring (bicyclic) bond motifs is 1. The zero-order chi connectivity index (χ0) is 9.97. The SMILES string of the molecule is CCC(C)NCc1cn2ccsc2n1. The number of imidazole rings is 1. The molecule has 0 amide bonds. The molecule has 2 aromatic heterocycles. The van der Waals surface area contributed by atoms with Crippen molar-refractivity contribution in [3.8, 4) is 0 Å². The highest BCUT2D eigenvalue weighted by Crippen LogP contribution is 2.11. The smallest absolute Gasteiger partial charge is 0.193 e. The highest BCUT2D eigenvalue weighted by molar-refractivity contribution is 7.15. The molecule has 0 aliphatic heterocycles. The lowest BCUT2D eigenvalue weighted by Gasteiger charge is -2.08. The second kappa shape index (κ2) is 4.11. The summed E-state index contributed by atoms with van der Waals surface area (Å²) in [5, 5.41) is 5.48. The number of rotatable bonds is 4. The molecule has 1 N–H and O–H groups in total. The van der Waals surface area contributed by atoms with Crippen molar-refractivity contribution in [1.82, 2.24) is 14.7 Å². The highest BCUT2D eigenvalue weighted by Gasteiger charge is 2.03. The van der Waals surface area contributed by atoms with Gasteiger partial charge in [-0.3, -0.25) is 4.40 Å². The van der Waals surface area contributed by atoms with Crippen molar-refractivity contribution in [3.05, 3.63) is 23.5 Å². The van der Waals surface area contributed by atoms with Crippen LogP contribution in [-0.2, 0) is 6.54 Å². The second-order valence-corrected chi connectivity index (χ2v) is 4.39. The Bertz CT molecular complexity index is 376. The van der Waals surface area contributed by atoms with Gasteiger partial charge in [0.05, 0.1) is 5.69 Å². The van der Waals surface area contributed by atoms with Crippen molar-refractivity contribution in [3.63, 3.8) is 0 Å². The first kappa shape index (κ1) is 9.68. The van der Waals surface area contributed by atoms with Crippen LogP contribution in [0.3, 0.4) is 0 Å². The first-order chi connectivity index (χ1) is 6.79. The van der Waals surface area contributed by atoms with E-state index < -0.39 is 0 Å². The average molecular weight is 209 g/mol. The number of hydrogen-bond donors (Lipinski definition) is 1. The minimum absolute atomic E-state index is 0.565. The minimum Gasteiger partial charge on any atom is -0.309 e. The fourth-order valence-corrected chi connectivity index (χ4v) is 2.00. The van der Waals surface area contributed by atoms with Gasteiger partial charge in [-0.25, -0.2) is 4.98 Å². The monoisotopic (exact) mass is 209 g/mol. The summed E-state index contributed by atoms with van der Waals surface area (Å²) in [6, 6.07) is 0.565. The van der Waals surface area contributed by atoms with Gasteiger partial charge in [-0.1, -0.05) is 6.92 Å². The van der Waals surface area contributed by atoms with Crippen LogP contribution in [0, 0.1) is 0 Å². The number of nitrogens with one attached hydrogen (secondary N) is 1. The van der Waals surface area contributed by atoms with E-state index in [1.165, 1.54) is 0 Å². The first-order valence-corrected chi connectivity index (χ1v) is 5.82. The molecular weight excluding hydrogens is 194 g/mol. The fourth-order valence-electron chi connectivity index (χ4n) is 1.28. The molecule has 0 spiro atoms. The standard InChI is InChI=1S/C10H15N3S/c1-3-8(2)11-6-9-7-13-4-5-14-10(13)12-9/h4-5,7-8,11H,3,6H2,1-2H3. The lowest BCUT2D eigenvalue weighted by molar-refractivity contribution is 0.530. The van der Waals surface area contributed by atoms with Gasteiger partial charge in [-0.2, -0.15) is 0 Å². The molecule has 3 nitrogen and oxygen atoms in total. The Hall–Kier alpha value is -0.870. The number of aromatic nitrogens is 2. The molecule has 0 fully saturated rings. The second-order valence-electron chi connectivity index (χ2n) is 3.52. The van der Waals surface area contributed by atoms with Crippen LogP contribution in [0.5, 0.6) is 0 Å². The Balaban J connectivity index is 2.01. The van der Waals surface area contributed by atoms with Gasteiger partial charge in [0, 0.05) is 30.4 Å². The Labute approximate surface area is 87.8 Å². The molecule has 2 heterocycles. The van der Waals surface area contributed by atoms with E-state index in [4.69, 9.17) is 0 Å². The van der Waals surface area contributed by atoms with Gasteiger partial charge >= 0.3 is 0 Å². The van der Waals surface area contributed by atoms with Gasteiger partial charge in [0.2, 0.25) is 0 Å². The van der Waals surface area contributed by atoms with E-state index in [9.17, 15) is 0 Å². The summed E-state index contributed by atoms with van der Waals surface area (Å²) < 4.78 is 2.07. The summed E-state index contributed by atoms with van der Waals surface area (Å²) in [7, 11) is 0. The predicted molar refractivity (Wildman–Crippen MR) is 59.7 cm³/mol. The Morgan fingerprint density at radius 1 is 1.64 bits per heavy atom. The van der Waals surface area contributed by atoms with Crippen molar-refractivity contribution in [2.75, 3.05) is 0 Å². The van der Waals surface area contributed by atoms with Crippen LogP contribution in [0.15, 0.2) is 17.8 Å². The summed E-state index contributed by atoms with van der Waals surface area (Å²) in [6.07, 6.45) is 5.28. The van der Waals surface area contributed by atoms with Crippen LogP contribution >= 0.6 is 11.3 Å². The van der Waals surface area contributed by atoms with E-state index in [2.05, 4.69) is 34.7 Å². The highest BCUT2D eigenvalue weighted by atomic mass is 32.1. The van der Waals surface area contributed by atoms with Crippen molar-refractivity contribution < 1.29 is 0 Å². The summed E-state index contributed by atoms with van der Waals surface area (Å²) in [5.41, 5.74) is 1.12. The summed E-state index contributed by atoms with van der Waals surface area (Å²) in [4.78, 5) is 5.57. The molecule has 2 aromatic rings. The molecule has 1 atom stereocenters. The molecule has 2 rings (SSSR count). The van der Waals surface area contributed by atoms with Crippen LogP contribution < -0.4 is 5.32 Å². The van der Waals surface area contributed by atoms with Crippen molar-refractivity contribution in [2.45, 2.75) is 32.9 Å². The van der Waals surface area contributed by atoms with Crippen LogP contribution in [0.25, 0.3) is 4.96 Å². The number of nitrogens with zero attached hydrogens (tertiary/aromatic N) is 2. The van der Waals surface area contributed by atoms with Crippen molar-refractivity contribution in [1.29, 1.82) is 0 Å². The third kappa shape index (κ3) is 1.96. The molecule has 0 saturated heterocycles. The normalized spacial score (nSPS) is 13.6. The zero-order valence-corrected chi connectivity index (χ0v) is 9.34. The Morgan fingerprint density at radius 3 is 3.21 bits per heavy atom. The van der Waals surface area contributed by atoms with E-state index in [1.807, 2.05) is 11.6 Å². The number of hydrogen-bond acceptors (Lipinski definition) is 3. The van der Waals surface area contributed by atoms with Gasteiger partial charge in [0.1, 0.15) is 0 Å². The fraction of sp³-hybridized carbons (Fsp3) is 0.500. The molecule has 0 aromatic carbocycles. The summed E-state index contributed by atoms with van der Waals surface area (Å²) in [6.45, 7) is 5.24. The molecule has 0 bridgehead atoms. The van der Waals surface area contributed by atoms with Crippen molar-refractivity contribution >= 4 is 16.3 Å². The lowest BCUT2D eigenvalue weighted by atomic mass is 10.2. The predicted octanol–water partition coefficient (Wildman–Crippen LogP) is 2.28. The Kier molecular flexibility index (Phi) is 2.84. The molecule has 14 heavy (non-hydrogen) atoms. The van der Waals surface area contributed by atoms with E-state index in [0.717, 1.165) is 23.6 Å². The van der Waals surface area contributed by atoms with Gasteiger partial charge in [-0.05, 0) is 13.3 Å².